The predicted molar refractivity (Wildman–Crippen MR) is 334 cm³/mol. The minimum atomic E-state index is -4.93. The van der Waals surface area contributed by atoms with Crippen molar-refractivity contribution >= 4 is 33.6 Å². The maximum absolute atomic E-state index is 12.8. The average Bonchev–Trinajstić information content (AvgIpc) is 3.47. The molecule has 0 aliphatic rings. The molecule has 0 saturated carbocycles. The lowest BCUT2D eigenvalue weighted by molar-refractivity contribution is -0.161. The van der Waals surface area contributed by atoms with Crippen LogP contribution in [0.1, 0.15) is 213 Å². The van der Waals surface area contributed by atoms with Gasteiger partial charge >= 0.3 is 33.6 Å². The molecule has 0 spiro atoms. The Bertz CT molecular complexity index is 2000. The minimum Gasteiger partial charge on any atom is -0.463 e. The highest BCUT2D eigenvalue weighted by molar-refractivity contribution is 7.47. The topological polar surface area (TPSA) is 231 Å². The fourth-order valence-corrected chi connectivity index (χ4v) is 9.11. The van der Waals surface area contributed by atoms with E-state index in [1.165, 1.54) is 38.5 Å². The number of esters is 3. The molecule has 0 radical (unpaired) electrons. The Kier molecular flexibility index (Phi) is 55.5. The summed E-state index contributed by atoms with van der Waals surface area (Å²) < 4.78 is 60.5. The molecule has 0 aromatic rings. The summed E-state index contributed by atoms with van der Waals surface area (Å²) in [5, 5.41) is 20.4. The molecular weight excluding hydrogens is 1100 g/mol. The number of carbonyl (C=O) groups is 3. The Morgan fingerprint density at radius 1 is 0.349 bits per heavy atom. The summed E-state index contributed by atoms with van der Waals surface area (Å²) in [7, 11) is -9.79. The lowest BCUT2D eigenvalue weighted by atomic mass is 10.1. The highest BCUT2D eigenvalue weighted by Crippen LogP contribution is 2.45. The number of ether oxygens (including phenoxy) is 3. The first-order valence-electron chi connectivity index (χ1n) is 30.8. The van der Waals surface area contributed by atoms with Crippen molar-refractivity contribution in [3.63, 3.8) is 0 Å². The number of aliphatic hydroxyl groups is 2. The van der Waals surface area contributed by atoms with Crippen LogP contribution in [0, 0.1) is 0 Å². The molecule has 83 heavy (non-hydrogen) atoms. The first kappa shape index (κ1) is 79.0. The van der Waals surface area contributed by atoms with E-state index in [2.05, 4.69) is 124 Å². The molecule has 5 unspecified atom stereocenters. The van der Waals surface area contributed by atoms with Crippen molar-refractivity contribution in [3.8, 4) is 0 Å². The third-order valence-corrected chi connectivity index (χ3v) is 14.1. The van der Waals surface area contributed by atoms with Crippen molar-refractivity contribution in [2.45, 2.75) is 232 Å². The number of phosphoric acid groups is 2. The second kappa shape index (κ2) is 58.3. The number of hydrogen-bond acceptors (Lipinski definition) is 14. The molecule has 474 valence electrons. The third kappa shape index (κ3) is 59.5. The van der Waals surface area contributed by atoms with Crippen molar-refractivity contribution in [1.29, 1.82) is 0 Å². The van der Waals surface area contributed by atoms with Gasteiger partial charge < -0.3 is 34.2 Å². The first-order valence-corrected chi connectivity index (χ1v) is 33.8. The van der Waals surface area contributed by atoms with Gasteiger partial charge in [-0.1, -0.05) is 219 Å². The zero-order chi connectivity index (χ0) is 61.0. The fourth-order valence-electron chi connectivity index (χ4n) is 7.53. The van der Waals surface area contributed by atoms with Gasteiger partial charge in [-0.3, -0.25) is 32.5 Å². The molecule has 5 atom stereocenters. The molecule has 0 aromatic heterocycles. The molecule has 4 N–H and O–H groups in total. The number of rotatable bonds is 57. The summed E-state index contributed by atoms with van der Waals surface area (Å²) in [5.41, 5.74) is 0. The Morgan fingerprint density at radius 3 is 1.08 bits per heavy atom. The van der Waals surface area contributed by atoms with Crippen LogP contribution in [0.2, 0.25) is 0 Å². The number of carbonyl (C=O) groups excluding carboxylic acids is 3. The molecule has 0 saturated heterocycles. The number of phosphoric ester groups is 2. The van der Waals surface area contributed by atoms with Crippen LogP contribution in [0.15, 0.2) is 122 Å². The van der Waals surface area contributed by atoms with Gasteiger partial charge in [0.1, 0.15) is 25.4 Å². The van der Waals surface area contributed by atoms with Crippen LogP contribution in [0.4, 0.5) is 0 Å². The van der Waals surface area contributed by atoms with Gasteiger partial charge in [-0.25, -0.2) is 9.13 Å². The van der Waals surface area contributed by atoms with E-state index in [0.29, 0.717) is 25.7 Å². The lowest BCUT2D eigenvalue weighted by Crippen LogP contribution is -2.30. The SMILES string of the molecule is CC/C=C\C/C=C\C/C=C\C/C=C\C/C=C\C/C=C\CCC(=O)OCC(O)COP(=O)(O)OCC(O)COP(=O)(O)OCC(COC(=O)CCCCCC/C=C\C/C=C\C/C=C\C/C=C\CC)OC(=O)CCCCCCCCCCCCC. The molecule has 0 fully saturated rings. The van der Waals surface area contributed by atoms with E-state index in [-0.39, 0.29) is 19.3 Å². The van der Waals surface area contributed by atoms with E-state index >= 15 is 0 Å². The van der Waals surface area contributed by atoms with E-state index in [1.54, 1.807) is 0 Å². The summed E-state index contributed by atoms with van der Waals surface area (Å²) in [5.74, 6) is -1.69. The van der Waals surface area contributed by atoms with E-state index in [1.807, 2.05) is 18.2 Å². The molecule has 0 aromatic carbocycles. The molecule has 0 amide bonds. The van der Waals surface area contributed by atoms with Gasteiger partial charge in [0.05, 0.1) is 26.4 Å². The van der Waals surface area contributed by atoms with Crippen molar-refractivity contribution < 1.29 is 75.8 Å². The van der Waals surface area contributed by atoms with Crippen LogP contribution in [0.3, 0.4) is 0 Å². The van der Waals surface area contributed by atoms with Crippen LogP contribution in [0.25, 0.3) is 0 Å². The molecule has 0 bridgehead atoms. The number of aliphatic hydroxyl groups excluding tert-OH is 2. The monoisotopic (exact) mass is 1210 g/mol. The first-order chi connectivity index (χ1) is 40.2. The summed E-state index contributed by atoms with van der Waals surface area (Å²) in [6, 6.07) is 0. The Hall–Kier alpha value is -4.05. The van der Waals surface area contributed by atoms with Gasteiger partial charge in [-0.15, -0.1) is 0 Å². The van der Waals surface area contributed by atoms with Gasteiger partial charge in [0.25, 0.3) is 0 Å². The zero-order valence-electron chi connectivity index (χ0n) is 50.8. The lowest BCUT2D eigenvalue weighted by Gasteiger charge is -2.21. The van der Waals surface area contributed by atoms with E-state index in [0.717, 1.165) is 109 Å². The Morgan fingerprint density at radius 2 is 0.663 bits per heavy atom. The number of hydrogen-bond donors (Lipinski definition) is 4. The smallest absolute Gasteiger partial charge is 0.463 e. The van der Waals surface area contributed by atoms with E-state index in [9.17, 15) is 43.5 Å². The number of unbranched alkanes of at least 4 members (excludes halogenated alkanes) is 14. The summed E-state index contributed by atoms with van der Waals surface area (Å²) >= 11 is 0. The standard InChI is InChI=1S/C65H108O16P2/c1-4-7-10-13-16-19-22-24-26-28-29-31-33-34-37-39-42-45-48-51-63(68)75-54-60(66)55-77-82(71,72)78-56-61(67)57-79-83(73,74)80-59-62(81-65(70)53-50-47-44-41-36-21-18-15-12-9-6-3)58-76-64(69)52-49-46-43-40-38-35-32-30-27-25-23-20-17-14-11-8-5-2/h7-8,10-11,16-17,19-20,24-27,29,31-32,34-35,37,42,45,60-62,66-67H,4-6,9,12-15,18,21-23,28,30,33,36,38-41,43-44,46-59H2,1-3H3,(H,71,72)(H,73,74)/b10-7-,11-8-,19-16-,20-17-,26-24-,27-25-,31-29-,35-32-,37-34-,45-42-. The highest BCUT2D eigenvalue weighted by Gasteiger charge is 2.29. The van der Waals surface area contributed by atoms with Crippen LogP contribution in [-0.4, -0.2) is 95.9 Å². The van der Waals surface area contributed by atoms with Crippen LogP contribution >= 0.6 is 15.6 Å². The molecule has 0 aliphatic carbocycles. The van der Waals surface area contributed by atoms with Gasteiger partial charge in [0, 0.05) is 19.3 Å². The second-order valence-corrected chi connectivity index (χ2v) is 23.0. The zero-order valence-corrected chi connectivity index (χ0v) is 52.6. The highest BCUT2D eigenvalue weighted by atomic mass is 31.2. The van der Waals surface area contributed by atoms with Crippen molar-refractivity contribution in [1.82, 2.24) is 0 Å². The predicted octanol–water partition coefficient (Wildman–Crippen LogP) is 16.3. The third-order valence-electron chi connectivity index (χ3n) is 12.2. The van der Waals surface area contributed by atoms with E-state index < -0.39 is 91.5 Å². The van der Waals surface area contributed by atoms with E-state index in [4.69, 9.17) is 32.3 Å². The Balaban J connectivity index is 4.72. The largest absolute Gasteiger partial charge is 0.472 e. The molecule has 0 aliphatic heterocycles. The van der Waals surface area contributed by atoms with Gasteiger partial charge in [0.15, 0.2) is 6.10 Å². The average molecular weight is 1210 g/mol. The minimum absolute atomic E-state index is 0.0572. The molecule has 16 nitrogen and oxygen atoms in total. The number of allylic oxidation sites excluding steroid dienone is 20. The van der Waals surface area contributed by atoms with Crippen LogP contribution in [0.5, 0.6) is 0 Å². The quantitative estimate of drug-likeness (QED) is 0.0146. The van der Waals surface area contributed by atoms with Gasteiger partial charge in [-0.05, 0) is 96.3 Å². The second-order valence-electron chi connectivity index (χ2n) is 20.1. The molecular formula is C65H108O16P2. The van der Waals surface area contributed by atoms with Crippen LogP contribution < -0.4 is 0 Å². The fraction of sp³-hybridized carbons (Fsp3) is 0.646. The Labute approximate surface area is 500 Å². The van der Waals surface area contributed by atoms with Crippen molar-refractivity contribution in [2.75, 3.05) is 39.6 Å². The summed E-state index contributed by atoms with van der Waals surface area (Å²) in [4.78, 5) is 58.1. The molecule has 0 heterocycles. The maximum atomic E-state index is 12.8. The molecule has 18 heteroatoms. The normalized spacial score (nSPS) is 15.2. The van der Waals surface area contributed by atoms with Gasteiger partial charge in [-0.2, -0.15) is 0 Å². The van der Waals surface area contributed by atoms with Crippen molar-refractivity contribution in [2.24, 2.45) is 0 Å². The summed E-state index contributed by atoms with van der Waals surface area (Å²) in [6.45, 7) is 2.27. The summed E-state index contributed by atoms with van der Waals surface area (Å²) in [6.07, 6.45) is 64.3. The van der Waals surface area contributed by atoms with Crippen LogP contribution in [-0.2, 0) is 55.8 Å². The molecule has 0 rings (SSSR count). The van der Waals surface area contributed by atoms with Gasteiger partial charge in [0.2, 0.25) is 0 Å². The van der Waals surface area contributed by atoms with Crippen molar-refractivity contribution in [3.05, 3.63) is 122 Å². The maximum Gasteiger partial charge on any atom is 0.472 e.